The molecule has 1 aliphatic rings. The van der Waals surface area contributed by atoms with E-state index in [2.05, 4.69) is 10.2 Å². The molecule has 0 unspecified atom stereocenters. The first-order valence-electron chi connectivity index (χ1n) is 6.99. The van der Waals surface area contributed by atoms with Crippen molar-refractivity contribution in [2.24, 2.45) is 0 Å². The summed E-state index contributed by atoms with van der Waals surface area (Å²) in [7, 11) is 0. The highest BCUT2D eigenvalue weighted by Crippen LogP contribution is 2.22. The molecule has 0 spiro atoms. The molecule has 0 atom stereocenters. The molecular formula is C15H13ClN4O2. The zero-order valence-electron chi connectivity index (χ0n) is 11.6. The largest absolute Gasteiger partial charge is 0.377 e. The maximum Gasteiger partial charge on any atom is 0.295 e. The third-order valence-corrected chi connectivity index (χ3v) is 4.19. The number of aromatic nitrogens is 4. The average Bonchev–Trinajstić information content (AvgIpc) is 2.79. The number of halogens is 1. The molecule has 22 heavy (non-hydrogen) atoms. The Balaban J connectivity index is 1.79. The van der Waals surface area contributed by atoms with Gasteiger partial charge in [0.1, 0.15) is 11.2 Å². The van der Waals surface area contributed by atoms with Gasteiger partial charge in [-0.1, -0.05) is 41.9 Å². The number of fused-ring (bicyclic) bond motifs is 1. The molecule has 1 aliphatic heterocycles. The number of ether oxygens (including phenoxy) is 1. The van der Waals surface area contributed by atoms with Crippen LogP contribution in [0, 0.1) is 0 Å². The third-order valence-electron chi connectivity index (χ3n) is 3.79. The van der Waals surface area contributed by atoms with Gasteiger partial charge in [-0.25, -0.2) is 9.36 Å². The van der Waals surface area contributed by atoms with Gasteiger partial charge in [0.2, 0.25) is 0 Å². The molecule has 4 rings (SSSR count). The number of hydrogen-bond donors (Lipinski definition) is 0. The fourth-order valence-electron chi connectivity index (χ4n) is 2.49. The van der Waals surface area contributed by atoms with Crippen molar-refractivity contribution in [1.29, 1.82) is 0 Å². The van der Waals surface area contributed by atoms with Gasteiger partial charge in [-0.05, 0) is 5.56 Å². The standard InChI is InChI=1S/C15H13ClN4O2/c16-14-12-6-17-20(11-8-22-9-11)15(21)13(12)18-19(14)7-10-4-2-1-3-5-10/h1-6,11H,7-9H2. The minimum Gasteiger partial charge on any atom is -0.377 e. The summed E-state index contributed by atoms with van der Waals surface area (Å²) in [5.74, 6) is 0. The van der Waals surface area contributed by atoms with E-state index in [4.69, 9.17) is 16.3 Å². The van der Waals surface area contributed by atoms with Gasteiger partial charge >= 0.3 is 0 Å². The van der Waals surface area contributed by atoms with Crippen LogP contribution in [0.25, 0.3) is 10.9 Å². The normalized spacial score (nSPS) is 15.1. The van der Waals surface area contributed by atoms with Gasteiger partial charge in [-0.15, -0.1) is 0 Å². The molecule has 1 aromatic carbocycles. The monoisotopic (exact) mass is 316 g/mol. The quantitative estimate of drug-likeness (QED) is 0.740. The summed E-state index contributed by atoms with van der Waals surface area (Å²) < 4.78 is 8.18. The molecule has 6 nitrogen and oxygen atoms in total. The number of rotatable bonds is 3. The Hall–Kier alpha value is -2.18. The van der Waals surface area contributed by atoms with Crippen LogP contribution in [-0.2, 0) is 11.3 Å². The molecule has 2 aromatic heterocycles. The summed E-state index contributed by atoms with van der Waals surface area (Å²) in [5, 5.41) is 9.59. The fraction of sp³-hybridized carbons (Fsp3) is 0.267. The molecule has 3 heterocycles. The fourth-order valence-corrected chi connectivity index (χ4v) is 2.73. The van der Waals surface area contributed by atoms with E-state index in [1.165, 1.54) is 4.68 Å². The second kappa shape index (κ2) is 5.23. The maximum atomic E-state index is 12.5. The van der Waals surface area contributed by atoms with Gasteiger partial charge in [0.25, 0.3) is 5.56 Å². The van der Waals surface area contributed by atoms with E-state index in [9.17, 15) is 4.79 Å². The lowest BCUT2D eigenvalue weighted by atomic mass is 10.2. The molecule has 0 amide bonds. The molecule has 0 aliphatic carbocycles. The Labute approximate surface area is 130 Å². The lowest BCUT2D eigenvalue weighted by Crippen LogP contribution is -2.38. The molecule has 112 valence electrons. The third kappa shape index (κ3) is 2.12. The van der Waals surface area contributed by atoms with E-state index in [1.807, 2.05) is 30.3 Å². The van der Waals surface area contributed by atoms with Crippen LogP contribution in [0.1, 0.15) is 11.6 Å². The first-order chi connectivity index (χ1) is 10.7. The summed E-state index contributed by atoms with van der Waals surface area (Å²) in [6.07, 6.45) is 1.60. The summed E-state index contributed by atoms with van der Waals surface area (Å²) in [4.78, 5) is 12.5. The Kier molecular flexibility index (Phi) is 3.20. The van der Waals surface area contributed by atoms with Crippen molar-refractivity contribution in [3.63, 3.8) is 0 Å². The number of nitrogens with zero attached hydrogens (tertiary/aromatic N) is 4. The van der Waals surface area contributed by atoms with Crippen molar-refractivity contribution in [1.82, 2.24) is 19.6 Å². The van der Waals surface area contributed by atoms with Crippen LogP contribution in [0.15, 0.2) is 41.3 Å². The molecule has 0 N–H and O–H groups in total. The zero-order valence-corrected chi connectivity index (χ0v) is 12.4. The van der Waals surface area contributed by atoms with Crippen LogP contribution in [0.5, 0.6) is 0 Å². The summed E-state index contributed by atoms with van der Waals surface area (Å²) in [6.45, 7) is 1.54. The number of benzene rings is 1. The minimum absolute atomic E-state index is 0.00468. The highest BCUT2D eigenvalue weighted by molar-refractivity contribution is 6.34. The smallest absolute Gasteiger partial charge is 0.295 e. The Morgan fingerprint density at radius 2 is 2.05 bits per heavy atom. The molecule has 0 saturated carbocycles. The first-order valence-corrected chi connectivity index (χ1v) is 7.37. The van der Waals surface area contributed by atoms with E-state index in [-0.39, 0.29) is 11.6 Å². The Morgan fingerprint density at radius 3 is 2.73 bits per heavy atom. The van der Waals surface area contributed by atoms with Crippen LogP contribution in [0.4, 0.5) is 0 Å². The van der Waals surface area contributed by atoms with Crippen molar-refractivity contribution in [2.45, 2.75) is 12.6 Å². The summed E-state index contributed by atoms with van der Waals surface area (Å²) in [5.41, 5.74) is 1.19. The van der Waals surface area contributed by atoms with Crippen molar-refractivity contribution < 1.29 is 4.74 Å². The molecule has 1 fully saturated rings. The van der Waals surface area contributed by atoms with Gasteiger partial charge in [0, 0.05) is 0 Å². The van der Waals surface area contributed by atoms with Crippen molar-refractivity contribution >= 4 is 22.5 Å². The highest BCUT2D eigenvalue weighted by atomic mass is 35.5. The molecule has 0 bridgehead atoms. The average molecular weight is 317 g/mol. The topological polar surface area (TPSA) is 61.9 Å². The van der Waals surface area contributed by atoms with E-state index in [0.717, 1.165) is 5.56 Å². The van der Waals surface area contributed by atoms with Crippen molar-refractivity contribution in [2.75, 3.05) is 13.2 Å². The molecular weight excluding hydrogens is 304 g/mol. The van der Waals surface area contributed by atoms with Crippen molar-refractivity contribution in [3.8, 4) is 0 Å². The Bertz CT molecular complexity index is 884. The second-order valence-electron chi connectivity index (χ2n) is 5.28. The molecule has 1 saturated heterocycles. The zero-order chi connectivity index (χ0) is 15.1. The SMILES string of the molecule is O=c1c2nn(Cc3ccccc3)c(Cl)c2cnn1C1COC1. The van der Waals surface area contributed by atoms with Gasteiger partial charge in [-0.3, -0.25) is 4.79 Å². The predicted octanol–water partition coefficient (Wildman–Crippen LogP) is 1.87. The second-order valence-corrected chi connectivity index (χ2v) is 5.64. The predicted molar refractivity (Wildman–Crippen MR) is 82.2 cm³/mol. The Morgan fingerprint density at radius 1 is 1.27 bits per heavy atom. The van der Waals surface area contributed by atoms with Crippen LogP contribution in [-0.4, -0.2) is 32.8 Å². The van der Waals surface area contributed by atoms with Gasteiger partial charge in [0.05, 0.1) is 31.3 Å². The summed E-state index contributed by atoms with van der Waals surface area (Å²) >= 11 is 6.35. The highest BCUT2D eigenvalue weighted by Gasteiger charge is 2.24. The van der Waals surface area contributed by atoms with Crippen LogP contribution in [0.2, 0.25) is 5.15 Å². The lowest BCUT2D eigenvalue weighted by molar-refractivity contribution is -0.0305. The molecule has 7 heteroatoms. The first kappa shape index (κ1) is 13.5. The van der Waals surface area contributed by atoms with Crippen molar-refractivity contribution in [3.05, 3.63) is 57.6 Å². The minimum atomic E-state index is -0.223. The van der Waals surface area contributed by atoms with E-state index < -0.39 is 0 Å². The van der Waals surface area contributed by atoms with Crippen LogP contribution < -0.4 is 5.56 Å². The van der Waals surface area contributed by atoms with Crippen LogP contribution in [0.3, 0.4) is 0 Å². The lowest BCUT2D eigenvalue weighted by Gasteiger charge is -2.26. The van der Waals surface area contributed by atoms with Gasteiger partial charge in [0.15, 0.2) is 5.52 Å². The van der Waals surface area contributed by atoms with Gasteiger partial charge in [-0.2, -0.15) is 10.2 Å². The summed E-state index contributed by atoms with van der Waals surface area (Å²) in [6, 6.07) is 9.84. The van der Waals surface area contributed by atoms with E-state index in [1.54, 1.807) is 10.9 Å². The van der Waals surface area contributed by atoms with Crippen LogP contribution >= 0.6 is 11.6 Å². The molecule has 0 radical (unpaired) electrons. The van der Waals surface area contributed by atoms with Gasteiger partial charge < -0.3 is 4.74 Å². The maximum absolute atomic E-state index is 12.5. The van der Waals surface area contributed by atoms with E-state index in [0.29, 0.717) is 35.8 Å². The molecule has 3 aromatic rings. The number of hydrogen-bond acceptors (Lipinski definition) is 4. The van der Waals surface area contributed by atoms with E-state index >= 15 is 0 Å².